The fraction of sp³-hybridized carbons (Fsp3) is 0.583. The molecule has 1 saturated heterocycles. The third-order valence-corrected chi connectivity index (χ3v) is 4.04. The number of carbonyl (C=O) groups excluding carboxylic acids is 2. The molecule has 1 aromatic heterocycles. The highest BCUT2D eigenvalue weighted by Crippen LogP contribution is 2.23. The highest BCUT2D eigenvalue weighted by molar-refractivity contribution is 7.15. The van der Waals surface area contributed by atoms with E-state index in [1.807, 2.05) is 11.8 Å². The first-order valence-corrected chi connectivity index (χ1v) is 7.11. The SMILES string of the molecule is CCc1sc(NC(=O)N2CCCC2)nc1C.NC=O. The first-order valence-electron chi connectivity index (χ1n) is 6.30. The minimum atomic E-state index is -0.00565. The van der Waals surface area contributed by atoms with Crippen molar-refractivity contribution in [2.75, 3.05) is 18.4 Å². The lowest BCUT2D eigenvalue weighted by molar-refractivity contribution is -0.106. The Kier molecular flexibility index (Phi) is 6.27. The van der Waals surface area contributed by atoms with Crippen molar-refractivity contribution in [3.8, 4) is 0 Å². The normalized spacial score (nSPS) is 13.7. The number of urea groups is 1. The molecule has 0 aliphatic carbocycles. The van der Waals surface area contributed by atoms with Crippen LogP contribution >= 0.6 is 11.3 Å². The van der Waals surface area contributed by atoms with Gasteiger partial charge in [0, 0.05) is 18.0 Å². The van der Waals surface area contributed by atoms with Crippen LogP contribution in [0.4, 0.5) is 9.93 Å². The standard InChI is InChI=1S/C11H17N3OS.CH3NO/c1-3-9-8(2)12-10(16-9)13-11(15)14-6-4-5-7-14;2-1-3/h3-7H2,1-2H3,(H,12,13,15);1H,(H2,2,3). The van der Waals surface area contributed by atoms with Gasteiger partial charge in [-0.05, 0) is 26.2 Å². The van der Waals surface area contributed by atoms with Gasteiger partial charge in [-0.1, -0.05) is 6.92 Å². The summed E-state index contributed by atoms with van der Waals surface area (Å²) in [6.07, 6.45) is 3.46. The van der Waals surface area contributed by atoms with Crippen LogP contribution in [-0.4, -0.2) is 35.4 Å². The molecule has 1 aromatic rings. The molecule has 0 radical (unpaired) electrons. The Bertz CT molecular complexity index is 427. The van der Waals surface area contributed by atoms with E-state index >= 15 is 0 Å². The molecule has 0 spiro atoms. The van der Waals surface area contributed by atoms with E-state index in [0.29, 0.717) is 0 Å². The van der Waals surface area contributed by atoms with Gasteiger partial charge in [-0.3, -0.25) is 10.1 Å². The summed E-state index contributed by atoms with van der Waals surface area (Å²) in [6.45, 7) is 5.83. The van der Waals surface area contributed by atoms with E-state index < -0.39 is 0 Å². The molecule has 6 nitrogen and oxygen atoms in total. The molecular weight excluding hydrogens is 264 g/mol. The van der Waals surface area contributed by atoms with Crippen LogP contribution in [0.3, 0.4) is 0 Å². The number of amides is 3. The number of hydrogen-bond donors (Lipinski definition) is 2. The molecule has 3 amide bonds. The summed E-state index contributed by atoms with van der Waals surface area (Å²) in [7, 11) is 0. The molecule has 3 N–H and O–H groups in total. The number of carbonyl (C=O) groups is 2. The number of aromatic nitrogens is 1. The Morgan fingerprint density at radius 2 is 2.11 bits per heavy atom. The van der Waals surface area contributed by atoms with Crippen molar-refractivity contribution in [1.82, 2.24) is 9.88 Å². The van der Waals surface area contributed by atoms with E-state index in [2.05, 4.69) is 23.0 Å². The second-order valence-electron chi connectivity index (χ2n) is 4.14. The third-order valence-electron chi connectivity index (χ3n) is 2.82. The smallest absolute Gasteiger partial charge is 0.323 e. The van der Waals surface area contributed by atoms with Gasteiger partial charge in [0.25, 0.3) is 0 Å². The molecule has 0 aromatic carbocycles. The van der Waals surface area contributed by atoms with E-state index in [9.17, 15) is 4.79 Å². The van der Waals surface area contributed by atoms with Crippen molar-refractivity contribution < 1.29 is 9.59 Å². The van der Waals surface area contributed by atoms with Crippen molar-refractivity contribution in [3.63, 3.8) is 0 Å². The van der Waals surface area contributed by atoms with E-state index in [-0.39, 0.29) is 12.4 Å². The fourth-order valence-corrected chi connectivity index (χ4v) is 2.79. The van der Waals surface area contributed by atoms with Crippen molar-refractivity contribution >= 4 is 28.9 Å². The van der Waals surface area contributed by atoms with E-state index in [4.69, 9.17) is 4.79 Å². The Morgan fingerprint density at radius 3 is 2.58 bits per heavy atom. The summed E-state index contributed by atoms with van der Waals surface area (Å²) in [4.78, 5) is 27.8. The molecule has 1 fully saturated rings. The molecule has 0 atom stereocenters. The van der Waals surface area contributed by atoms with Crippen LogP contribution in [-0.2, 0) is 11.2 Å². The van der Waals surface area contributed by atoms with Crippen LogP contribution in [0, 0.1) is 6.92 Å². The first-order chi connectivity index (χ1) is 9.12. The molecule has 0 saturated carbocycles. The number of likely N-dealkylation sites (tertiary alicyclic amines) is 1. The second kappa shape index (κ2) is 7.73. The molecule has 1 aliphatic rings. The summed E-state index contributed by atoms with van der Waals surface area (Å²) in [6, 6.07) is -0.00565. The topological polar surface area (TPSA) is 88.3 Å². The number of primary amides is 1. The van der Waals surface area contributed by atoms with Crippen LogP contribution in [0.2, 0.25) is 0 Å². The highest BCUT2D eigenvalue weighted by atomic mass is 32.1. The lowest BCUT2D eigenvalue weighted by atomic mass is 10.3. The third kappa shape index (κ3) is 4.51. The maximum absolute atomic E-state index is 11.8. The summed E-state index contributed by atoms with van der Waals surface area (Å²) in [5, 5.41) is 3.60. The number of nitrogens with one attached hydrogen (secondary N) is 1. The van der Waals surface area contributed by atoms with Gasteiger partial charge in [-0.15, -0.1) is 11.3 Å². The summed E-state index contributed by atoms with van der Waals surface area (Å²) in [5.74, 6) is 0. The largest absolute Gasteiger partial charge is 0.372 e. The zero-order chi connectivity index (χ0) is 14.3. The summed E-state index contributed by atoms with van der Waals surface area (Å²) < 4.78 is 0. The van der Waals surface area contributed by atoms with Crippen LogP contribution in [0.15, 0.2) is 0 Å². The number of nitrogens with zero attached hydrogens (tertiary/aromatic N) is 2. The predicted octanol–water partition coefficient (Wildman–Crippen LogP) is 1.74. The maximum Gasteiger partial charge on any atom is 0.323 e. The van der Waals surface area contributed by atoms with Crippen LogP contribution in [0.5, 0.6) is 0 Å². The van der Waals surface area contributed by atoms with Gasteiger partial charge >= 0.3 is 6.03 Å². The van der Waals surface area contributed by atoms with E-state index in [0.717, 1.165) is 43.2 Å². The zero-order valence-electron chi connectivity index (χ0n) is 11.3. The van der Waals surface area contributed by atoms with E-state index in [1.165, 1.54) is 4.88 Å². The number of thiazole rings is 1. The van der Waals surface area contributed by atoms with Crippen LogP contribution < -0.4 is 11.1 Å². The molecule has 19 heavy (non-hydrogen) atoms. The molecule has 2 heterocycles. The second-order valence-corrected chi connectivity index (χ2v) is 5.23. The van der Waals surface area contributed by atoms with Crippen LogP contribution in [0.1, 0.15) is 30.3 Å². The van der Waals surface area contributed by atoms with Gasteiger partial charge in [-0.2, -0.15) is 0 Å². The Morgan fingerprint density at radius 1 is 1.53 bits per heavy atom. The average Bonchev–Trinajstić information content (AvgIpc) is 2.99. The molecule has 7 heteroatoms. The minimum Gasteiger partial charge on any atom is -0.372 e. The maximum atomic E-state index is 11.8. The summed E-state index contributed by atoms with van der Waals surface area (Å²) in [5.41, 5.74) is 5.20. The van der Waals surface area contributed by atoms with Crippen LogP contribution in [0.25, 0.3) is 0 Å². The molecule has 0 unspecified atom stereocenters. The lowest BCUT2D eigenvalue weighted by Gasteiger charge is -2.14. The van der Waals surface area contributed by atoms with Gasteiger partial charge < -0.3 is 10.6 Å². The number of anilines is 1. The van der Waals surface area contributed by atoms with Gasteiger partial charge in [0.15, 0.2) is 5.13 Å². The number of nitrogens with two attached hydrogens (primary N) is 1. The van der Waals surface area contributed by atoms with Crippen molar-refractivity contribution in [3.05, 3.63) is 10.6 Å². The minimum absolute atomic E-state index is 0.00565. The molecule has 1 aliphatic heterocycles. The number of hydrogen-bond acceptors (Lipinski definition) is 4. The Balaban J connectivity index is 0.000000550. The van der Waals surface area contributed by atoms with Gasteiger partial charge in [0.1, 0.15) is 0 Å². The number of rotatable bonds is 2. The molecule has 0 bridgehead atoms. The van der Waals surface area contributed by atoms with E-state index in [1.54, 1.807) is 11.3 Å². The lowest BCUT2D eigenvalue weighted by Crippen LogP contribution is -2.32. The Hall–Kier alpha value is -1.63. The quantitative estimate of drug-likeness (QED) is 0.811. The highest BCUT2D eigenvalue weighted by Gasteiger charge is 2.19. The van der Waals surface area contributed by atoms with Gasteiger partial charge in [-0.25, -0.2) is 9.78 Å². The van der Waals surface area contributed by atoms with Crippen molar-refractivity contribution in [1.29, 1.82) is 0 Å². The molecule has 2 rings (SSSR count). The zero-order valence-corrected chi connectivity index (χ0v) is 12.1. The van der Waals surface area contributed by atoms with Crippen molar-refractivity contribution in [2.24, 2.45) is 5.73 Å². The average molecular weight is 284 g/mol. The van der Waals surface area contributed by atoms with Crippen molar-refractivity contribution in [2.45, 2.75) is 33.1 Å². The fourth-order valence-electron chi connectivity index (χ4n) is 1.90. The Labute approximate surface area is 117 Å². The number of aryl methyl sites for hydroxylation is 2. The first kappa shape index (κ1) is 15.4. The predicted molar refractivity (Wildman–Crippen MR) is 76.3 cm³/mol. The summed E-state index contributed by atoms with van der Waals surface area (Å²) >= 11 is 1.58. The molecular formula is C12H20N4O2S. The van der Waals surface area contributed by atoms with Gasteiger partial charge in [0.2, 0.25) is 6.41 Å². The van der Waals surface area contributed by atoms with Gasteiger partial charge in [0.05, 0.1) is 5.69 Å². The molecule has 106 valence electrons. The monoisotopic (exact) mass is 284 g/mol.